The smallest absolute Gasteiger partial charge is 0.282 e. The summed E-state index contributed by atoms with van der Waals surface area (Å²) in [6.07, 6.45) is 1.59. The molecule has 3 aromatic carbocycles. The monoisotopic (exact) mass is 539 g/mol. The molecule has 0 atom stereocenters. The third-order valence-corrected chi connectivity index (χ3v) is 6.08. The number of rotatable bonds is 7. The van der Waals surface area contributed by atoms with E-state index in [4.69, 9.17) is 21.1 Å². The summed E-state index contributed by atoms with van der Waals surface area (Å²) < 4.78 is 13.8. The number of hydrogen-bond donors (Lipinski definition) is 0. The Morgan fingerprint density at radius 3 is 2.68 bits per heavy atom. The highest BCUT2D eigenvalue weighted by Crippen LogP contribution is 2.31. The number of para-hydroxylation sites is 1. The van der Waals surface area contributed by atoms with Gasteiger partial charge >= 0.3 is 0 Å². The van der Waals surface area contributed by atoms with Gasteiger partial charge in [-0.15, -0.1) is 0 Å². The van der Waals surface area contributed by atoms with Crippen LogP contribution in [0.1, 0.15) is 36.7 Å². The van der Waals surface area contributed by atoms with Crippen LogP contribution in [0.25, 0.3) is 10.9 Å². The Morgan fingerprint density at radius 1 is 1.15 bits per heavy atom. The van der Waals surface area contributed by atoms with Crippen LogP contribution >= 0.6 is 27.5 Å². The second kappa shape index (κ2) is 10.4. The molecule has 174 valence electrons. The van der Waals surface area contributed by atoms with Crippen LogP contribution in [0.15, 0.2) is 75.0 Å². The molecule has 8 heteroatoms. The minimum atomic E-state index is -0.243. The van der Waals surface area contributed by atoms with Crippen LogP contribution < -0.4 is 15.0 Å². The normalized spacial score (nSPS) is 11.5. The van der Waals surface area contributed by atoms with Gasteiger partial charge in [-0.2, -0.15) is 9.78 Å². The van der Waals surface area contributed by atoms with E-state index in [2.05, 4.69) is 26.0 Å². The molecule has 0 aliphatic heterocycles. The molecule has 0 N–H and O–H groups in total. The van der Waals surface area contributed by atoms with Crippen molar-refractivity contribution in [2.45, 2.75) is 26.4 Å². The first-order valence-electron chi connectivity index (χ1n) is 10.7. The molecule has 0 fully saturated rings. The highest BCUT2D eigenvalue weighted by Gasteiger charge is 2.15. The minimum Gasteiger partial charge on any atom is -0.493 e. The second-order valence-corrected chi connectivity index (χ2v) is 9.23. The van der Waals surface area contributed by atoms with Crippen molar-refractivity contribution in [2.24, 2.45) is 5.10 Å². The van der Waals surface area contributed by atoms with E-state index < -0.39 is 0 Å². The molecule has 34 heavy (non-hydrogen) atoms. The van der Waals surface area contributed by atoms with E-state index in [9.17, 15) is 4.79 Å². The number of halogens is 2. The zero-order chi connectivity index (χ0) is 24.2. The Kier molecular flexibility index (Phi) is 7.34. The lowest BCUT2D eigenvalue weighted by Crippen LogP contribution is -2.23. The summed E-state index contributed by atoms with van der Waals surface area (Å²) in [5, 5.41) is 5.63. The third kappa shape index (κ3) is 5.00. The zero-order valence-electron chi connectivity index (χ0n) is 19.0. The van der Waals surface area contributed by atoms with Crippen molar-refractivity contribution in [2.75, 3.05) is 7.11 Å². The Bertz CT molecular complexity index is 1430. The minimum absolute atomic E-state index is 0.0147. The molecule has 0 aliphatic carbocycles. The van der Waals surface area contributed by atoms with Crippen LogP contribution in [-0.4, -0.2) is 23.0 Å². The van der Waals surface area contributed by atoms with Crippen molar-refractivity contribution < 1.29 is 9.47 Å². The maximum atomic E-state index is 13.3. The molecule has 0 spiro atoms. The molecule has 1 heterocycles. The Labute approximate surface area is 210 Å². The molecular weight excluding hydrogens is 518 g/mol. The molecule has 0 bridgehead atoms. The van der Waals surface area contributed by atoms with Crippen LogP contribution in [0.5, 0.6) is 11.5 Å². The summed E-state index contributed by atoms with van der Waals surface area (Å²) in [4.78, 5) is 18.0. The van der Waals surface area contributed by atoms with Crippen molar-refractivity contribution in [1.29, 1.82) is 0 Å². The lowest BCUT2D eigenvalue weighted by molar-refractivity contribution is 0.284. The van der Waals surface area contributed by atoms with Crippen molar-refractivity contribution in [3.63, 3.8) is 0 Å². The van der Waals surface area contributed by atoms with Crippen molar-refractivity contribution in [1.82, 2.24) is 9.66 Å². The fourth-order valence-corrected chi connectivity index (χ4v) is 4.04. The van der Waals surface area contributed by atoms with Crippen LogP contribution in [0.3, 0.4) is 0 Å². The summed E-state index contributed by atoms with van der Waals surface area (Å²) >= 11 is 9.71. The fourth-order valence-electron chi connectivity index (χ4n) is 3.49. The predicted molar refractivity (Wildman–Crippen MR) is 140 cm³/mol. The fraction of sp³-hybridized carbons (Fsp3) is 0.192. The number of aromatic nitrogens is 2. The average Bonchev–Trinajstić information content (AvgIpc) is 2.83. The van der Waals surface area contributed by atoms with Gasteiger partial charge in [-0.05, 0) is 36.4 Å². The Balaban J connectivity index is 1.77. The van der Waals surface area contributed by atoms with Crippen molar-refractivity contribution >= 4 is 44.6 Å². The molecule has 0 amide bonds. The van der Waals surface area contributed by atoms with E-state index in [0.29, 0.717) is 38.8 Å². The molecule has 1 aromatic heterocycles. The summed E-state index contributed by atoms with van der Waals surface area (Å²) in [6.45, 7) is 4.20. The molecular formula is C26H23BrClN3O3. The molecule has 4 aromatic rings. The lowest BCUT2D eigenvalue weighted by Gasteiger charge is -2.15. The number of hydrogen-bond acceptors (Lipinski definition) is 5. The summed E-state index contributed by atoms with van der Waals surface area (Å²) in [5.74, 6) is 1.61. The van der Waals surface area contributed by atoms with E-state index in [1.54, 1.807) is 25.5 Å². The van der Waals surface area contributed by atoms with Crippen LogP contribution in [0.4, 0.5) is 0 Å². The topological polar surface area (TPSA) is 65.7 Å². The molecule has 0 saturated heterocycles. The van der Waals surface area contributed by atoms with Gasteiger partial charge in [0.2, 0.25) is 0 Å². The maximum Gasteiger partial charge on any atom is 0.282 e. The molecule has 0 radical (unpaired) electrons. The molecule has 4 rings (SSSR count). The van der Waals surface area contributed by atoms with Gasteiger partial charge in [-0.25, -0.2) is 4.98 Å². The largest absolute Gasteiger partial charge is 0.493 e. The van der Waals surface area contributed by atoms with Crippen LogP contribution in [0.2, 0.25) is 5.02 Å². The quantitative estimate of drug-likeness (QED) is 0.254. The maximum absolute atomic E-state index is 13.3. The third-order valence-electron chi connectivity index (χ3n) is 5.22. The van der Waals surface area contributed by atoms with Gasteiger partial charge < -0.3 is 9.47 Å². The van der Waals surface area contributed by atoms with E-state index in [1.165, 1.54) is 4.68 Å². The lowest BCUT2D eigenvalue weighted by atomic mass is 10.2. The number of benzene rings is 3. The number of fused-ring (bicyclic) bond motifs is 1. The molecule has 6 nitrogen and oxygen atoms in total. The average molecular weight is 541 g/mol. The second-order valence-electron chi connectivity index (χ2n) is 7.91. The van der Waals surface area contributed by atoms with E-state index in [-0.39, 0.29) is 18.1 Å². The summed E-state index contributed by atoms with van der Waals surface area (Å²) in [6, 6.07) is 18.4. The number of methoxy groups -OCH3 is 1. The van der Waals surface area contributed by atoms with Gasteiger partial charge in [-0.1, -0.05) is 65.6 Å². The summed E-state index contributed by atoms with van der Waals surface area (Å²) in [5.41, 5.74) is 1.89. The first kappa shape index (κ1) is 24.0. The van der Waals surface area contributed by atoms with E-state index in [0.717, 1.165) is 10.0 Å². The first-order chi connectivity index (χ1) is 16.4. The highest BCUT2D eigenvalue weighted by atomic mass is 79.9. The zero-order valence-corrected chi connectivity index (χ0v) is 21.3. The highest BCUT2D eigenvalue weighted by molar-refractivity contribution is 9.10. The predicted octanol–water partition coefficient (Wildman–Crippen LogP) is 6.41. The van der Waals surface area contributed by atoms with Gasteiger partial charge in [0, 0.05) is 26.5 Å². The summed E-state index contributed by atoms with van der Waals surface area (Å²) in [7, 11) is 1.57. The molecule has 0 saturated carbocycles. The van der Waals surface area contributed by atoms with Gasteiger partial charge in [0.05, 0.1) is 24.2 Å². The Morgan fingerprint density at radius 2 is 1.94 bits per heavy atom. The number of nitrogens with zero attached hydrogens (tertiary/aromatic N) is 3. The van der Waals surface area contributed by atoms with Crippen LogP contribution in [-0.2, 0) is 6.61 Å². The Hall–Kier alpha value is -3.16. The SMILES string of the molecule is COc1cccc(C=Nn2c(C(C)C)nc3ccc(Br)cc3c2=O)c1OCc1ccccc1Cl. The molecule has 0 aliphatic rings. The van der Waals surface area contributed by atoms with Crippen molar-refractivity contribution in [3.05, 3.63) is 97.5 Å². The molecule has 0 unspecified atom stereocenters. The van der Waals surface area contributed by atoms with Gasteiger partial charge in [-0.3, -0.25) is 4.79 Å². The van der Waals surface area contributed by atoms with E-state index in [1.807, 2.05) is 62.4 Å². The van der Waals surface area contributed by atoms with Crippen LogP contribution in [0, 0.1) is 0 Å². The first-order valence-corrected chi connectivity index (χ1v) is 11.9. The van der Waals surface area contributed by atoms with E-state index >= 15 is 0 Å². The standard InChI is InChI=1S/C26H23BrClN3O3/c1-16(2)25-30-22-12-11-19(27)13-20(22)26(32)31(25)29-14-17-8-6-10-23(33-3)24(17)34-15-18-7-4-5-9-21(18)28/h4-14,16H,15H2,1-3H3. The van der Waals surface area contributed by atoms with Gasteiger partial charge in [0.1, 0.15) is 12.4 Å². The number of ether oxygens (including phenoxy) is 2. The van der Waals surface area contributed by atoms with Gasteiger partial charge in [0.15, 0.2) is 11.5 Å². The van der Waals surface area contributed by atoms with Gasteiger partial charge in [0.25, 0.3) is 5.56 Å². The van der Waals surface area contributed by atoms with Crippen molar-refractivity contribution in [3.8, 4) is 11.5 Å².